The number of carbonyl (C=O) groups is 1. The maximum Gasteiger partial charge on any atom is 0.313 e. The summed E-state index contributed by atoms with van der Waals surface area (Å²) >= 11 is 0. The summed E-state index contributed by atoms with van der Waals surface area (Å²) in [5.41, 5.74) is -0.131. The summed E-state index contributed by atoms with van der Waals surface area (Å²) in [7, 11) is 1.35. The Morgan fingerprint density at radius 2 is 2.21 bits per heavy atom. The highest BCUT2D eigenvalue weighted by Gasteiger charge is 2.20. The SMILES string of the molecule is COC(=O)Cc1cnc(C(C)(C)C)o1. The molecule has 0 aliphatic rings. The van der Waals surface area contributed by atoms with Gasteiger partial charge in [0.05, 0.1) is 13.3 Å². The summed E-state index contributed by atoms with van der Waals surface area (Å²) < 4.78 is 9.93. The number of oxazole rings is 1. The van der Waals surface area contributed by atoms with E-state index in [2.05, 4.69) is 9.72 Å². The fourth-order valence-corrected chi connectivity index (χ4v) is 0.950. The van der Waals surface area contributed by atoms with Gasteiger partial charge in [0.25, 0.3) is 0 Å². The van der Waals surface area contributed by atoms with Crippen molar-refractivity contribution in [1.82, 2.24) is 4.98 Å². The fourth-order valence-electron chi connectivity index (χ4n) is 0.950. The number of hydrogen-bond donors (Lipinski definition) is 0. The molecule has 1 aromatic rings. The van der Waals surface area contributed by atoms with Crippen molar-refractivity contribution < 1.29 is 13.9 Å². The van der Waals surface area contributed by atoms with Gasteiger partial charge in [0.1, 0.15) is 12.2 Å². The number of carbonyl (C=O) groups excluding carboxylic acids is 1. The van der Waals surface area contributed by atoms with Gasteiger partial charge in [-0.3, -0.25) is 4.79 Å². The van der Waals surface area contributed by atoms with Crippen molar-refractivity contribution in [3.05, 3.63) is 17.8 Å². The van der Waals surface area contributed by atoms with Crippen molar-refractivity contribution in [2.24, 2.45) is 0 Å². The smallest absolute Gasteiger partial charge is 0.313 e. The molecule has 1 heterocycles. The van der Waals surface area contributed by atoms with Gasteiger partial charge in [-0.1, -0.05) is 20.8 Å². The van der Waals surface area contributed by atoms with Gasteiger partial charge in [0.15, 0.2) is 5.89 Å². The Kier molecular flexibility index (Phi) is 2.93. The van der Waals surface area contributed by atoms with Crippen molar-refractivity contribution in [1.29, 1.82) is 0 Å². The van der Waals surface area contributed by atoms with E-state index in [0.717, 1.165) is 0 Å². The van der Waals surface area contributed by atoms with Crippen molar-refractivity contribution in [3.8, 4) is 0 Å². The average molecular weight is 197 g/mol. The van der Waals surface area contributed by atoms with Gasteiger partial charge in [0.2, 0.25) is 0 Å². The summed E-state index contributed by atoms with van der Waals surface area (Å²) in [5.74, 6) is 0.861. The number of rotatable bonds is 2. The first-order valence-corrected chi connectivity index (χ1v) is 4.45. The van der Waals surface area contributed by atoms with E-state index in [1.165, 1.54) is 7.11 Å². The third kappa shape index (κ3) is 2.58. The number of aromatic nitrogens is 1. The summed E-state index contributed by atoms with van der Waals surface area (Å²) in [5, 5.41) is 0. The van der Waals surface area contributed by atoms with Crippen LogP contribution in [-0.2, 0) is 21.4 Å². The van der Waals surface area contributed by atoms with Crippen LogP contribution in [-0.4, -0.2) is 18.1 Å². The highest BCUT2D eigenvalue weighted by atomic mass is 16.5. The predicted octanol–water partition coefficient (Wildman–Crippen LogP) is 1.69. The number of esters is 1. The zero-order valence-electron chi connectivity index (χ0n) is 8.96. The van der Waals surface area contributed by atoms with E-state index in [-0.39, 0.29) is 17.8 Å². The molecule has 0 amide bonds. The van der Waals surface area contributed by atoms with Crippen molar-refractivity contribution in [2.75, 3.05) is 7.11 Å². The number of methoxy groups -OCH3 is 1. The molecule has 0 unspecified atom stereocenters. The first kappa shape index (κ1) is 10.8. The molecule has 0 saturated carbocycles. The molecule has 0 aliphatic heterocycles. The lowest BCUT2D eigenvalue weighted by molar-refractivity contribution is -0.140. The second kappa shape index (κ2) is 3.82. The number of hydrogen-bond acceptors (Lipinski definition) is 4. The molecule has 78 valence electrons. The molecule has 0 saturated heterocycles. The van der Waals surface area contributed by atoms with Crippen LogP contribution in [0.5, 0.6) is 0 Å². The normalized spacial score (nSPS) is 11.4. The minimum absolute atomic E-state index is 0.131. The van der Waals surface area contributed by atoms with Crippen LogP contribution in [0.3, 0.4) is 0 Å². The monoisotopic (exact) mass is 197 g/mol. The van der Waals surface area contributed by atoms with Crippen LogP contribution >= 0.6 is 0 Å². The molecule has 0 radical (unpaired) electrons. The van der Waals surface area contributed by atoms with Crippen molar-refractivity contribution in [3.63, 3.8) is 0 Å². The van der Waals surface area contributed by atoms with Gasteiger partial charge in [-0.05, 0) is 0 Å². The van der Waals surface area contributed by atoms with E-state index in [1.807, 2.05) is 20.8 Å². The Bertz CT molecular complexity index is 322. The van der Waals surface area contributed by atoms with E-state index in [1.54, 1.807) is 6.20 Å². The summed E-state index contributed by atoms with van der Waals surface area (Å²) in [6.07, 6.45) is 1.71. The zero-order chi connectivity index (χ0) is 10.8. The molecule has 14 heavy (non-hydrogen) atoms. The second-order valence-electron chi connectivity index (χ2n) is 4.13. The summed E-state index contributed by atoms with van der Waals surface area (Å²) in [6.45, 7) is 6.00. The maximum atomic E-state index is 10.9. The van der Waals surface area contributed by atoms with Gasteiger partial charge in [-0.2, -0.15) is 0 Å². The highest BCUT2D eigenvalue weighted by molar-refractivity contribution is 5.71. The van der Waals surface area contributed by atoms with Gasteiger partial charge >= 0.3 is 5.97 Å². The zero-order valence-corrected chi connectivity index (χ0v) is 8.96. The highest BCUT2D eigenvalue weighted by Crippen LogP contribution is 2.21. The van der Waals surface area contributed by atoms with Crippen LogP contribution in [0.15, 0.2) is 10.6 Å². The molecule has 4 nitrogen and oxygen atoms in total. The lowest BCUT2D eigenvalue weighted by Gasteiger charge is -2.11. The molecule has 4 heteroatoms. The predicted molar refractivity (Wildman–Crippen MR) is 50.9 cm³/mol. The molecule has 1 rings (SSSR count). The Morgan fingerprint density at radius 1 is 1.57 bits per heavy atom. The topological polar surface area (TPSA) is 52.3 Å². The Labute approximate surface area is 83.3 Å². The number of nitrogens with zero attached hydrogens (tertiary/aromatic N) is 1. The van der Waals surface area contributed by atoms with E-state index in [9.17, 15) is 4.79 Å². The lowest BCUT2D eigenvalue weighted by atomic mass is 9.97. The standard InChI is InChI=1S/C10H15NO3/c1-10(2,3)9-11-6-7(14-9)5-8(12)13-4/h6H,5H2,1-4H3. The van der Waals surface area contributed by atoms with Gasteiger partial charge in [0, 0.05) is 5.41 Å². The van der Waals surface area contributed by atoms with E-state index < -0.39 is 0 Å². The van der Waals surface area contributed by atoms with Crippen LogP contribution in [0.1, 0.15) is 32.4 Å². The Hall–Kier alpha value is -1.32. The molecular weight excluding hydrogens is 182 g/mol. The van der Waals surface area contributed by atoms with Crippen LogP contribution in [0.2, 0.25) is 0 Å². The number of ether oxygens (including phenoxy) is 1. The average Bonchev–Trinajstić information content (AvgIpc) is 2.51. The third-order valence-corrected chi connectivity index (χ3v) is 1.74. The molecule has 0 aromatic carbocycles. The third-order valence-electron chi connectivity index (χ3n) is 1.74. The van der Waals surface area contributed by atoms with Crippen LogP contribution in [0.25, 0.3) is 0 Å². The quantitative estimate of drug-likeness (QED) is 0.677. The minimum Gasteiger partial charge on any atom is -0.469 e. The molecule has 0 spiro atoms. The molecule has 0 bridgehead atoms. The van der Waals surface area contributed by atoms with E-state index in [4.69, 9.17) is 4.42 Å². The Morgan fingerprint density at radius 3 is 2.64 bits per heavy atom. The minimum atomic E-state index is -0.318. The van der Waals surface area contributed by atoms with Crippen LogP contribution in [0.4, 0.5) is 0 Å². The van der Waals surface area contributed by atoms with E-state index >= 15 is 0 Å². The lowest BCUT2D eigenvalue weighted by Crippen LogP contribution is -2.11. The van der Waals surface area contributed by atoms with Gasteiger partial charge in [-0.15, -0.1) is 0 Å². The molecule has 1 aromatic heterocycles. The molecule has 0 aliphatic carbocycles. The first-order valence-electron chi connectivity index (χ1n) is 4.45. The van der Waals surface area contributed by atoms with Crippen LogP contribution < -0.4 is 0 Å². The van der Waals surface area contributed by atoms with Crippen LogP contribution in [0, 0.1) is 0 Å². The Balaban J connectivity index is 2.74. The molecule has 0 fully saturated rings. The largest absolute Gasteiger partial charge is 0.469 e. The molecule has 0 atom stereocenters. The fraction of sp³-hybridized carbons (Fsp3) is 0.600. The van der Waals surface area contributed by atoms with Crippen molar-refractivity contribution >= 4 is 5.97 Å². The summed E-state index contributed by atoms with van der Waals surface area (Å²) in [6, 6.07) is 0. The van der Waals surface area contributed by atoms with E-state index in [0.29, 0.717) is 11.7 Å². The molecule has 0 N–H and O–H groups in total. The first-order chi connectivity index (χ1) is 6.43. The summed E-state index contributed by atoms with van der Waals surface area (Å²) in [4.78, 5) is 15.0. The second-order valence-corrected chi connectivity index (χ2v) is 4.13. The van der Waals surface area contributed by atoms with Gasteiger partial charge < -0.3 is 9.15 Å². The van der Waals surface area contributed by atoms with Crippen molar-refractivity contribution in [2.45, 2.75) is 32.6 Å². The molecular formula is C10H15NO3. The maximum absolute atomic E-state index is 10.9. The van der Waals surface area contributed by atoms with Gasteiger partial charge in [-0.25, -0.2) is 4.98 Å².